The van der Waals surface area contributed by atoms with Crippen LogP contribution in [-0.2, 0) is 4.79 Å². The molecule has 0 aliphatic carbocycles. The SMILES string of the molecule is COc1ccccc1Nc1nnc(SC(C)C(=O)Nc2cccc(C)c2)s1. The zero-order valence-corrected chi connectivity index (χ0v) is 16.9. The van der Waals surface area contributed by atoms with Gasteiger partial charge in [-0.3, -0.25) is 4.79 Å². The number of amides is 1. The molecule has 0 fully saturated rings. The van der Waals surface area contributed by atoms with Crippen molar-refractivity contribution in [2.75, 3.05) is 17.7 Å². The van der Waals surface area contributed by atoms with Gasteiger partial charge in [0.1, 0.15) is 5.75 Å². The highest BCUT2D eigenvalue weighted by atomic mass is 32.2. The molecule has 2 N–H and O–H groups in total. The van der Waals surface area contributed by atoms with Gasteiger partial charge in [-0.25, -0.2) is 0 Å². The zero-order chi connectivity index (χ0) is 19.2. The van der Waals surface area contributed by atoms with E-state index in [-0.39, 0.29) is 11.2 Å². The Morgan fingerprint density at radius 1 is 1.19 bits per heavy atom. The van der Waals surface area contributed by atoms with Crippen molar-refractivity contribution in [1.29, 1.82) is 0 Å². The standard InChI is InChI=1S/C19H20N4O2S2/c1-12-7-6-8-14(11-12)20-17(24)13(2)26-19-23-22-18(27-19)21-15-9-4-5-10-16(15)25-3/h4-11,13H,1-3H3,(H,20,24)(H,21,22). The number of benzene rings is 2. The molecule has 0 saturated heterocycles. The molecule has 1 atom stereocenters. The highest BCUT2D eigenvalue weighted by Gasteiger charge is 2.18. The van der Waals surface area contributed by atoms with Crippen LogP contribution in [0.3, 0.4) is 0 Å². The third-order valence-electron chi connectivity index (χ3n) is 3.69. The topological polar surface area (TPSA) is 76.1 Å². The summed E-state index contributed by atoms with van der Waals surface area (Å²) in [6.45, 7) is 3.84. The summed E-state index contributed by atoms with van der Waals surface area (Å²) in [7, 11) is 1.62. The molecule has 1 amide bonds. The van der Waals surface area contributed by atoms with Crippen LogP contribution in [0.2, 0.25) is 0 Å². The normalized spacial score (nSPS) is 11.7. The van der Waals surface area contributed by atoms with Crippen molar-refractivity contribution >= 4 is 45.5 Å². The van der Waals surface area contributed by atoms with Gasteiger partial charge >= 0.3 is 0 Å². The zero-order valence-electron chi connectivity index (χ0n) is 15.2. The van der Waals surface area contributed by atoms with Crippen LogP contribution < -0.4 is 15.4 Å². The van der Waals surface area contributed by atoms with E-state index in [0.29, 0.717) is 5.13 Å². The quantitative estimate of drug-likeness (QED) is 0.559. The lowest BCUT2D eigenvalue weighted by atomic mass is 10.2. The highest BCUT2D eigenvalue weighted by Crippen LogP contribution is 2.33. The maximum absolute atomic E-state index is 12.4. The molecular weight excluding hydrogens is 380 g/mol. The minimum atomic E-state index is -0.294. The number of ether oxygens (including phenoxy) is 1. The number of thioether (sulfide) groups is 1. The van der Waals surface area contributed by atoms with E-state index in [1.54, 1.807) is 7.11 Å². The molecule has 3 rings (SSSR count). The first kappa shape index (κ1) is 19.2. The number of hydrogen-bond acceptors (Lipinski definition) is 7. The predicted molar refractivity (Wildman–Crippen MR) is 111 cm³/mol. The minimum absolute atomic E-state index is 0.0694. The van der Waals surface area contributed by atoms with Crippen molar-refractivity contribution < 1.29 is 9.53 Å². The Morgan fingerprint density at radius 2 is 2.00 bits per heavy atom. The Morgan fingerprint density at radius 3 is 2.78 bits per heavy atom. The van der Waals surface area contributed by atoms with E-state index in [1.165, 1.54) is 23.1 Å². The van der Waals surface area contributed by atoms with Crippen molar-refractivity contribution in [3.8, 4) is 5.75 Å². The van der Waals surface area contributed by atoms with E-state index in [0.717, 1.165) is 27.0 Å². The molecule has 1 unspecified atom stereocenters. The largest absolute Gasteiger partial charge is 0.495 e. The third kappa shape index (κ3) is 5.21. The summed E-state index contributed by atoms with van der Waals surface area (Å²) >= 11 is 2.77. The number of carbonyl (C=O) groups is 1. The van der Waals surface area contributed by atoms with E-state index in [9.17, 15) is 4.79 Å². The molecule has 0 radical (unpaired) electrons. The fourth-order valence-electron chi connectivity index (χ4n) is 2.34. The lowest BCUT2D eigenvalue weighted by Crippen LogP contribution is -2.22. The van der Waals surface area contributed by atoms with Crippen molar-refractivity contribution in [3.05, 3.63) is 54.1 Å². The number of carbonyl (C=O) groups excluding carboxylic acids is 1. The molecule has 140 valence electrons. The molecule has 6 nitrogen and oxygen atoms in total. The molecular formula is C19H20N4O2S2. The smallest absolute Gasteiger partial charge is 0.237 e. The van der Waals surface area contributed by atoms with Crippen LogP contribution in [0.15, 0.2) is 52.9 Å². The first-order valence-corrected chi connectivity index (χ1v) is 10.0. The Balaban J connectivity index is 1.60. The maximum Gasteiger partial charge on any atom is 0.237 e. The summed E-state index contributed by atoms with van der Waals surface area (Å²) in [5.41, 5.74) is 2.71. The molecule has 0 bridgehead atoms. The lowest BCUT2D eigenvalue weighted by molar-refractivity contribution is -0.115. The highest BCUT2D eigenvalue weighted by molar-refractivity contribution is 8.02. The molecule has 2 aromatic carbocycles. The second-order valence-electron chi connectivity index (χ2n) is 5.82. The summed E-state index contributed by atoms with van der Waals surface area (Å²) in [5, 5.41) is 14.8. The van der Waals surface area contributed by atoms with Crippen LogP contribution in [0.1, 0.15) is 12.5 Å². The van der Waals surface area contributed by atoms with Gasteiger partial charge in [0.25, 0.3) is 0 Å². The molecule has 3 aromatic rings. The fraction of sp³-hybridized carbons (Fsp3) is 0.211. The molecule has 8 heteroatoms. The van der Waals surface area contributed by atoms with Gasteiger partial charge in [0.2, 0.25) is 11.0 Å². The first-order valence-electron chi connectivity index (χ1n) is 8.33. The average molecular weight is 401 g/mol. The van der Waals surface area contributed by atoms with E-state index in [2.05, 4.69) is 20.8 Å². The number of rotatable bonds is 7. The summed E-state index contributed by atoms with van der Waals surface area (Å²) in [6, 6.07) is 15.3. The number of anilines is 3. The van der Waals surface area contributed by atoms with Crippen LogP contribution in [0.5, 0.6) is 5.75 Å². The molecule has 0 aliphatic heterocycles. The van der Waals surface area contributed by atoms with Crippen LogP contribution in [0.25, 0.3) is 0 Å². The van der Waals surface area contributed by atoms with Gasteiger partial charge in [-0.05, 0) is 43.7 Å². The minimum Gasteiger partial charge on any atom is -0.495 e. The number of hydrogen-bond donors (Lipinski definition) is 2. The summed E-state index contributed by atoms with van der Waals surface area (Å²) in [6.07, 6.45) is 0. The summed E-state index contributed by atoms with van der Waals surface area (Å²) < 4.78 is 6.04. The molecule has 1 aromatic heterocycles. The van der Waals surface area contributed by atoms with Crippen molar-refractivity contribution in [3.63, 3.8) is 0 Å². The Labute approximate surface area is 166 Å². The van der Waals surface area contributed by atoms with E-state index >= 15 is 0 Å². The number of para-hydroxylation sites is 2. The Kier molecular flexibility index (Phi) is 6.31. The lowest BCUT2D eigenvalue weighted by Gasteiger charge is -2.10. The van der Waals surface area contributed by atoms with Gasteiger partial charge in [-0.2, -0.15) is 0 Å². The van der Waals surface area contributed by atoms with E-state index < -0.39 is 0 Å². The van der Waals surface area contributed by atoms with Gasteiger partial charge in [0.15, 0.2) is 4.34 Å². The number of aromatic nitrogens is 2. The number of methoxy groups -OCH3 is 1. The van der Waals surface area contributed by atoms with Gasteiger partial charge in [-0.1, -0.05) is 47.4 Å². The van der Waals surface area contributed by atoms with E-state index in [4.69, 9.17) is 4.74 Å². The van der Waals surface area contributed by atoms with Crippen molar-refractivity contribution in [2.24, 2.45) is 0 Å². The van der Waals surface area contributed by atoms with Gasteiger partial charge in [-0.15, -0.1) is 10.2 Å². The maximum atomic E-state index is 12.4. The van der Waals surface area contributed by atoms with Gasteiger partial charge < -0.3 is 15.4 Å². The molecule has 1 heterocycles. The monoisotopic (exact) mass is 400 g/mol. The van der Waals surface area contributed by atoms with Crippen LogP contribution in [-0.4, -0.2) is 28.5 Å². The Hall–Kier alpha value is -2.58. The second kappa shape index (κ2) is 8.88. The average Bonchev–Trinajstić information content (AvgIpc) is 3.09. The molecule has 0 spiro atoms. The van der Waals surface area contributed by atoms with Gasteiger partial charge in [0.05, 0.1) is 18.0 Å². The third-order valence-corrected chi connectivity index (χ3v) is 5.71. The number of aryl methyl sites for hydroxylation is 1. The first-order chi connectivity index (χ1) is 13.0. The number of nitrogens with zero attached hydrogens (tertiary/aromatic N) is 2. The Bertz CT molecular complexity index is 929. The van der Waals surface area contributed by atoms with Crippen LogP contribution in [0, 0.1) is 6.92 Å². The molecule has 0 saturated carbocycles. The molecule has 27 heavy (non-hydrogen) atoms. The summed E-state index contributed by atoms with van der Waals surface area (Å²) in [5.74, 6) is 0.660. The number of nitrogens with one attached hydrogen (secondary N) is 2. The van der Waals surface area contributed by atoms with Gasteiger partial charge in [0, 0.05) is 5.69 Å². The fourth-order valence-corrected chi connectivity index (χ4v) is 4.25. The van der Waals surface area contributed by atoms with Crippen LogP contribution >= 0.6 is 23.1 Å². The van der Waals surface area contributed by atoms with Crippen LogP contribution in [0.4, 0.5) is 16.5 Å². The second-order valence-corrected chi connectivity index (χ2v) is 8.38. The van der Waals surface area contributed by atoms with Crippen molar-refractivity contribution in [2.45, 2.75) is 23.4 Å². The predicted octanol–water partition coefficient (Wildman–Crippen LogP) is 4.72. The van der Waals surface area contributed by atoms with E-state index in [1.807, 2.05) is 62.4 Å². The van der Waals surface area contributed by atoms with Crippen molar-refractivity contribution in [1.82, 2.24) is 10.2 Å². The summed E-state index contributed by atoms with van der Waals surface area (Å²) in [4.78, 5) is 12.4. The molecule has 0 aliphatic rings.